The van der Waals surface area contributed by atoms with Crippen LogP contribution in [0.4, 0.5) is 0 Å². The average Bonchev–Trinajstić information content (AvgIpc) is 2.20. The lowest BCUT2D eigenvalue weighted by Crippen LogP contribution is -2.30. The number of rotatable bonds is 2. The molecule has 1 aromatic carbocycles. The Hall–Kier alpha value is -1.03. The SMILES string of the molecule is COC(=O)C(C)(C)c1ccc(O)c(Br)c1. The van der Waals surface area contributed by atoms with Crippen molar-refractivity contribution >= 4 is 21.9 Å². The lowest BCUT2D eigenvalue weighted by Gasteiger charge is -2.22. The number of ether oxygens (including phenoxy) is 1. The molecule has 1 N–H and O–H groups in total. The lowest BCUT2D eigenvalue weighted by atomic mass is 9.85. The van der Waals surface area contributed by atoms with E-state index in [0.29, 0.717) is 4.47 Å². The van der Waals surface area contributed by atoms with Crippen LogP contribution in [0.1, 0.15) is 19.4 Å². The van der Waals surface area contributed by atoms with Crippen molar-refractivity contribution in [2.75, 3.05) is 7.11 Å². The Kier molecular flexibility index (Phi) is 3.39. The van der Waals surface area contributed by atoms with E-state index >= 15 is 0 Å². The predicted octanol–water partition coefficient (Wildman–Crippen LogP) is 2.61. The van der Waals surface area contributed by atoms with Crippen LogP contribution in [0.5, 0.6) is 5.75 Å². The monoisotopic (exact) mass is 272 g/mol. The molecular weight excluding hydrogens is 260 g/mol. The predicted molar refractivity (Wildman–Crippen MR) is 60.8 cm³/mol. The molecule has 0 saturated heterocycles. The number of hydrogen-bond donors (Lipinski definition) is 1. The summed E-state index contributed by atoms with van der Waals surface area (Å²) in [5, 5.41) is 9.34. The van der Waals surface area contributed by atoms with Crippen LogP contribution in [0.25, 0.3) is 0 Å². The summed E-state index contributed by atoms with van der Waals surface area (Å²) in [6.07, 6.45) is 0. The fourth-order valence-electron chi connectivity index (χ4n) is 1.27. The maximum atomic E-state index is 11.5. The smallest absolute Gasteiger partial charge is 0.315 e. The first-order valence-corrected chi connectivity index (χ1v) is 5.26. The van der Waals surface area contributed by atoms with Crippen LogP contribution < -0.4 is 0 Å². The highest BCUT2D eigenvalue weighted by atomic mass is 79.9. The van der Waals surface area contributed by atoms with Crippen LogP contribution in [0.2, 0.25) is 0 Å². The molecule has 0 amide bonds. The highest BCUT2D eigenvalue weighted by Crippen LogP contribution is 2.31. The molecule has 1 rings (SSSR count). The Morgan fingerprint density at radius 1 is 1.47 bits per heavy atom. The van der Waals surface area contributed by atoms with Crippen molar-refractivity contribution in [1.82, 2.24) is 0 Å². The minimum Gasteiger partial charge on any atom is -0.507 e. The van der Waals surface area contributed by atoms with Crippen molar-refractivity contribution in [3.8, 4) is 5.75 Å². The highest BCUT2D eigenvalue weighted by Gasteiger charge is 2.31. The summed E-state index contributed by atoms with van der Waals surface area (Å²) in [5.41, 5.74) is 0.0735. The molecule has 0 aliphatic heterocycles. The molecule has 0 bridgehead atoms. The summed E-state index contributed by atoms with van der Waals surface area (Å²) in [6.45, 7) is 3.55. The molecule has 0 unspecified atom stereocenters. The summed E-state index contributed by atoms with van der Waals surface area (Å²) in [7, 11) is 1.36. The van der Waals surface area contributed by atoms with Gasteiger partial charge in [0.25, 0.3) is 0 Å². The van der Waals surface area contributed by atoms with Gasteiger partial charge in [0.2, 0.25) is 0 Å². The van der Waals surface area contributed by atoms with Gasteiger partial charge in [0.05, 0.1) is 17.0 Å². The third-order valence-corrected chi connectivity index (χ3v) is 3.00. The maximum absolute atomic E-state index is 11.5. The van der Waals surface area contributed by atoms with E-state index in [1.165, 1.54) is 7.11 Å². The van der Waals surface area contributed by atoms with Gasteiger partial charge in [0.1, 0.15) is 5.75 Å². The molecule has 0 radical (unpaired) electrons. The van der Waals surface area contributed by atoms with Crippen molar-refractivity contribution in [3.05, 3.63) is 28.2 Å². The maximum Gasteiger partial charge on any atom is 0.315 e. The minimum absolute atomic E-state index is 0.152. The molecule has 0 heterocycles. The number of carbonyl (C=O) groups excluding carboxylic acids is 1. The standard InChI is InChI=1S/C11H13BrO3/c1-11(2,10(14)15-3)7-4-5-9(13)8(12)6-7/h4-6,13H,1-3H3. The first-order chi connectivity index (χ1) is 6.89. The van der Waals surface area contributed by atoms with E-state index in [1.54, 1.807) is 32.0 Å². The fraction of sp³-hybridized carbons (Fsp3) is 0.364. The van der Waals surface area contributed by atoms with Crippen molar-refractivity contribution in [1.29, 1.82) is 0 Å². The number of methoxy groups -OCH3 is 1. The molecule has 0 atom stereocenters. The molecule has 4 heteroatoms. The Labute approximate surface area is 97.2 Å². The third-order valence-electron chi connectivity index (χ3n) is 2.37. The molecule has 0 spiro atoms. The van der Waals surface area contributed by atoms with Crippen LogP contribution in [0.3, 0.4) is 0 Å². The van der Waals surface area contributed by atoms with Gasteiger partial charge in [-0.15, -0.1) is 0 Å². The quantitative estimate of drug-likeness (QED) is 0.842. The van der Waals surface area contributed by atoms with E-state index in [2.05, 4.69) is 15.9 Å². The van der Waals surface area contributed by atoms with E-state index in [0.717, 1.165) is 5.56 Å². The fourth-order valence-corrected chi connectivity index (χ4v) is 1.65. The van der Waals surface area contributed by atoms with Crippen LogP contribution in [0, 0.1) is 0 Å². The number of halogens is 1. The van der Waals surface area contributed by atoms with Gasteiger partial charge in [-0.2, -0.15) is 0 Å². The van der Waals surface area contributed by atoms with Crippen LogP contribution in [-0.2, 0) is 14.9 Å². The van der Waals surface area contributed by atoms with Gasteiger partial charge in [-0.25, -0.2) is 0 Å². The number of phenolic OH excluding ortho intramolecular Hbond substituents is 1. The summed E-state index contributed by atoms with van der Waals surface area (Å²) in [5.74, 6) is -0.153. The van der Waals surface area contributed by atoms with Crippen molar-refractivity contribution in [2.45, 2.75) is 19.3 Å². The molecule has 0 aliphatic carbocycles. The first-order valence-electron chi connectivity index (χ1n) is 4.47. The molecular formula is C11H13BrO3. The van der Waals surface area contributed by atoms with Gasteiger partial charge in [0.15, 0.2) is 0 Å². The topological polar surface area (TPSA) is 46.5 Å². The normalized spacial score (nSPS) is 11.2. The zero-order valence-corrected chi connectivity index (χ0v) is 10.5. The zero-order chi connectivity index (χ0) is 11.6. The van der Waals surface area contributed by atoms with Gasteiger partial charge in [-0.05, 0) is 47.5 Å². The molecule has 1 aromatic rings. The van der Waals surface area contributed by atoms with Gasteiger partial charge in [-0.3, -0.25) is 4.79 Å². The number of carbonyl (C=O) groups is 1. The van der Waals surface area contributed by atoms with Crippen molar-refractivity contribution < 1.29 is 14.6 Å². The third kappa shape index (κ3) is 2.31. The highest BCUT2D eigenvalue weighted by molar-refractivity contribution is 9.10. The van der Waals surface area contributed by atoms with Crippen LogP contribution in [0.15, 0.2) is 22.7 Å². The first kappa shape index (κ1) is 12.0. The van der Waals surface area contributed by atoms with Crippen LogP contribution in [-0.4, -0.2) is 18.2 Å². The Morgan fingerprint density at radius 2 is 2.07 bits per heavy atom. The molecule has 0 aliphatic rings. The number of hydrogen-bond acceptors (Lipinski definition) is 3. The van der Waals surface area contributed by atoms with Crippen molar-refractivity contribution in [3.63, 3.8) is 0 Å². The summed E-state index contributed by atoms with van der Waals surface area (Å²) in [6, 6.07) is 4.97. The molecule has 0 aromatic heterocycles. The van der Waals surface area contributed by atoms with E-state index in [9.17, 15) is 9.90 Å². The van der Waals surface area contributed by atoms with Gasteiger partial charge >= 0.3 is 5.97 Å². The molecule has 0 fully saturated rings. The second-order valence-corrected chi connectivity index (χ2v) is 4.64. The zero-order valence-electron chi connectivity index (χ0n) is 8.87. The summed E-state index contributed by atoms with van der Waals surface area (Å²) in [4.78, 5) is 11.5. The van der Waals surface area contributed by atoms with Crippen LogP contribution >= 0.6 is 15.9 Å². The molecule has 0 saturated carbocycles. The molecule has 82 valence electrons. The Balaban J connectivity index is 3.16. The van der Waals surface area contributed by atoms with E-state index in [-0.39, 0.29) is 11.7 Å². The second-order valence-electron chi connectivity index (χ2n) is 3.78. The van der Waals surface area contributed by atoms with E-state index < -0.39 is 5.41 Å². The van der Waals surface area contributed by atoms with E-state index in [1.807, 2.05) is 0 Å². The largest absolute Gasteiger partial charge is 0.507 e. The lowest BCUT2D eigenvalue weighted by molar-refractivity contribution is -0.146. The Morgan fingerprint density at radius 3 is 2.53 bits per heavy atom. The molecule has 3 nitrogen and oxygen atoms in total. The number of esters is 1. The van der Waals surface area contributed by atoms with Crippen molar-refractivity contribution in [2.24, 2.45) is 0 Å². The minimum atomic E-state index is -0.717. The Bertz CT molecular complexity index is 385. The van der Waals surface area contributed by atoms with E-state index in [4.69, 9.17) is 4.74 Å². The average molecular weight is 273 g/mol. The summed E-state index contributed by atoms with van der Waals surface area (Å²) >= 11 is 3.21. The number of phenols is 1. The summed E-state index contributed by atoms with van der Waals surface area (Å²) < 4.78 is 5.29. The van der Waals surface area contributed by atoms with Gasteiger partial charge in [0, 0.05) is 0 Å². The number of aromatic hydroxyl groups is 1. The van der Waals surface area contributed by atoms with Gasteiger partial charge < -0.3 is 9.84 Å². The van der Waals surface area contributed by atoms with Gasteiger partial charge in [-0.1, -0.05) is 6.07 Å². The molecule has 15 heavy (non-hydrogen) atoms. The number of benzene rings is 1. The second kappa shape index (κ2) is 4.23.